The molecule has 37 heavy (non-hydrogen) atoms. The molecule has 0 radical (unpaired) electrons. The predicted octanol–water partition coefficient (Wildman–Crippen LogP) is 5.15. The highest BCUT2D eigenvalue weighted by Crippen LogP contribution is 2.25. The first-order valence-corrected chi connectivity index (χ1v) is 12.1. The first-order chi connectivity index (χ1) is 17.8. The van der Waals surface area contributed by atoms with E-state index in [1.54, 1.807) is 54.6 Å². The summed E-state index contributed by atoms with van der Waals surface area (Å²) >= 11 is 0. The average molecular weight is 497 g/mol. The molecule has 0 aliphatic rings. The number of hydrogen-bond acceptors (Lipinski definition) is 4. The van der Waals surface area contributed by atoms with Crippen LogP contribution in [0.15, 0.2) is 83.7 Å². The number of aromatic nitrogens is 2. The Balaban J connectivity index is 1.75. The van der Waals surface area contributed by atoms with Gasteiger partial charge in [-0.15, -0.1) is 0 Å². The molecule has 1 heterocycles. The first-order valence-electron chi connectivity index (χ1n) is 12.1. The fourth-order valence-corrected chi connectivity index (χ4v) is 4.38. The lowest BCUT2D eigenvalue weighted by atomic mass is 9.98. The van der Waals surface area contributed by atoms with Crippen LogP contribution in [0.2, 0.25) is 0 Å². The number of nitrogens with zero attached hydrogens (tertiary/aromatic N) is 2. The zero-order chi connectivity index (χ0) is 26.5. The van der Waals surface area contributed by atoms with Crippen molar-refractivity contribution in [3.05, 3.63) is 117 Å². The van der Waals surface area contributed by atoms with Crippen molar-refractivity contribution in [1.82, 2.24) is 9.13 Å². The topological polar surface area (TPSA) is 98.4 Å². The average Bonchev–Trinajstić information content (AvgIpc) is 3.18. The quantitative estimate of drug-likeness (QED) is 0.323. The molecule has 0 saturated carbocycles. The van der Waals surface area contributed by atoms with Gasteiger partial charge in [-0.25, -0.2) is 14.2 Å². The lowest BCUT2D eigenvalue weighted by Gasteiger charge is -2.11. The Kier molecular flexibility index (Phi) is 7.63. The number of aromatic carboxylic acids is 1. The molecular weight excluding hydrogens is 468 g/mol. The van der Waals surface area contributed by atoms with Gasteiger partial charge in [0.1, 0.15) is 5.69 Å². The number of benzene rings is 3. The van der Waals surface area contributed by atoms with Crippen molar-refractivity contribution < 1.29 is 19.5 Å². The van der Waals surface area contributed by atoms with Gasteiger partial charge in [0.15, 0.2) is 6.29 Å². The van der Waals surface area contributed by atoms with Gasteiger partial charge in [0.25, 0.3) is 5.91 Å². The highest BCUT2D eigenvalue weighted by Gasteiger charge is 2.25. The van der Waals surface area contributed by atoms with E-state index in [-0.39, 0.29) is 17.8 Å². The van der Waals surface area contributed by atoms with Crippen LogP contribution in [0.4, 0.5) is 0 Å². The van der Waals surface area contributed by atoms with Crippen LogP contribution in [0.25, 0.3) is 11.1 Å². The first kappa shape index (κ1) is 25.6. The Bertz CT molecular complexity index is 1500. The Labute approximate surface area is 214 Å². The van der Waals surface area contributed by atoms with Crippen LogP contribution in [0.5, 0.6) is 0 Å². The van der Waals surface area contributed by atoms with Crippen LogP contribution in [-0.4, -0.2) is 32.4 Å². The van der Waals surface area contributed by atoms with Crippen molar-refractivity contribution in [2.75, 3.05) is 0 Å². The third kappa shape index (κ3) is 5.35. The van der Waals surface area contributed by atoms with E-state index in [1.807, 2.05) is 24.3 Å². The van der Waals surface area contributed by atoms with Gasteiger partial charge in [-0.2, -0.15) is 0 Å². The van der Waals surface area contributed by atoms with E-state index in [2.05, 4.69) is 13.8 Å². The van der Waals surface area contributed by atoms with Gasteiger partial charge in [0.2, 0.25) is 0 Å². The van der Waals surface area contributed by atoms with E-state index in [0.717, 1.165) is 22.1 Å². The molecule has 0 amide bonds. The molecule has 4 rings (SSSR count). The van der Waals surface area contributed by atoms with Crippen molar-refractivity contribution in [2.24, 2.45) is 5.92 Å². The Morgan fingerprint density at radius 1 is 0.919 bits per heavy atom. The fourth-order valence-electron chi connectivity index (χ4n) is 4.38. The predicted molar refractivity (Wildman–Crippen MR) is 141 cm³/mol. The molecule has 188 valence electrons. The number of hydrogen-bond donors (Lipinski definition) is 1. The smallest absolute Gasteiger partial charge is 0.336 e. The van der Waals surface area contributed by atoms with E-state index >= 15 is 0 Å². The van der Waals surface area contributed by atoms with Crippen molar-refractivity contribution in [1.29, 1.82) is 0 Å². The summed E-state index contributed by atoms with van der Waals surface area (Å²) in [6.45, 7) is 4.29. The second-order valence-electron chi connectivity index (χ2n) is 9.31. The minimum absolute atomic E-state index is 0.0755. The standard InChI is InChI=1S/C30H28N2O5/c1-20(2)12-17-26-27(19-33)32(28(34)23-8-4-3-5-9-23)30(37)31(26)18-21-13-15-22(16-14-21)24-10-6-7-11-25(24)29(35)36/h3-11,13-16,19-20H,12,17-18H2,1-2H3,(H,35,36). The van der Waals surface area contributed by atoms with Crippen molar-refractivity contribution >= 4 is 18.2 Å². The molecule has 4 aromatic rings. The second kappa shape index (κ2) is 11.0. The SMILES string of the molecule is CC(C)CCc1c(C=O)n(C(=O)c2ccccc2)c(=O)n1Cc1ccc(-c2ccccc2C(=O)O)cc1. The monoisotopic (exact) mass is 496 g/mol. The Morgan fingerprint density at radius 2 is 1.57 bits per heavy atom. The van der Waals surface area contributed by atoms with Crippen molar-refractivity contribution in [3.8, 4) is 11.1 Å². The lowest BCUT2D eigenvalue weighted by molar-refractivity contribution is 0.0697. The molecular formula is C30H28N2O5. The molecule has 0 bridgehead atoms. The summed E-state index contributed by atoms with van der Waals surface area (Å²) in [5.74, 6) is -1.21. The Hall–Kier alpha value is -4.52. The molecule has 0 saturated heterocycles. The number of carbonyl (C=O) groups excluding carboxylic acids is 2. The molecule has 1 N–H and O–H groups in total. The van der Waals surface area contributed by atoms with Crippen LogP contribution in [0.1, 0.15) is 62.7 Å². The van der Waals surface area contributed by atoms with Gasteiger partial charge in [0.05, 0.1) is 17.8 Å². The van der Waals surface area contributed by atoms with Gasteiger partial charge in [-0.1, -0.05) is 74.5 Å². The lowest BCUT2D eigenvalue weighted by Crippen LogP contribution is -2.31. The van der Waals surface area contributed by atoms with Crippen LogP contribution < -0.4 is 5.69 Å². The maximum atomic E-state index is 13.5. The second-order valence-corrected chi connectivity index (χ2v) is 9.31. The number of rotatable bonds is 9. The summed E-state index contributed by atoms with van der Waals surface area (Å²) in [5, 5.41) is 9.51. The summed E-state index contributed by atoms with van der Waals surface area (Å²) in [6.07, 6.45) is 1.80. The largest absolute Gasteiger partial charge is 0.478 e. The summed E-state index contributed by atoms with van der Waals surface area (Å²) in [5.41, 5.74) is 2.68. The normalized spacial score (nSPS) is 11.0. The molecule has 0 aliphatic carbocycles. The molecule has 7 heteroatoms. The van der Waals surface area contributed by atoms with Gasteiger partial charge >= 0.3 is 11.7 Å². The number of imidazole rings is 1. The minimum atomic E-state index is -1.01. The van der Waals surface area contributed by atoms with E-state index < -0.39 is 17.6 Å². The molecule has 0 spiro atoms. The van der Waals surface area contributed by atoms with E-state index in [4.69, 9.17) is 0 Å². The highest BCUT2D eigenvalue weighted by atomic mass is 16.4. The number of aldehydes is 1. The van der Waals surface area contributed by atoms with E-state index in [9.17, 15) is 24.3 Å². The van der Waals surface area contributed by atoms with Gasteiger partial charge < -0.3 is 5.11 Å². The summed E-state index contributed by atoms with van der Waals surface area (Å²) < 4.78 is 2.46. The van der Waals surface area contributed by atoms with Crippen molar-refractivity contribution in [2.45, 2.75) is 33.2 Å². The molecule has 7 nitrogen and oxygen atoms in total. The van der Waals surface area contributed by atoms with Gasteiger partial charge in [-0.05, 0) is 53.6 Å². The maximum absolute atomic E-state index is 13.5. The van der Waals surface area contributed by atoms with E-state index in [1.165, 1.54) is 4.57 Å². The van der Waals surface area contributed by atoms with Crippen LogP contribution in [-0.2, 0) is 13.0 Å². The zero-order valence-electron chi connectivity index (χ0n) is 20.8. The molecule has 0 atom stereocenters. The summed E-state index contributed by atoms with van der Waals surface area (Å²) in [6, 6.07) is 22.4. The van der Waals surface area contributed by atoms with Gasteiger partial charge in [-0.3, -0.25) is 14.2 Å². The van der Waals surface area contributed by atoms with Crippen LogP contribution >= 0.6 is 0 Å². The number of carboxylic acid groups (broad SMARTS) is 1. The third-order valence-electron chi connectivity index (χ3n) is 6.34. The van der Waals surface area contributed by atoms with E-state index in [0.29, 0.717) is 35.4 Å². The van der Waals surface area contributed by atoms with Crippen molar-refractivity contribution in [3.63, 3.8) is 0 Å². The Morgan fingerprint density at radius 3 is 2.19 bits per heavy atom. The summed E-state index contributed by atoms with van der Waals surface area (Å²) in [7, 11) is 0. The minimum Gasteiger partial charge on any atom is -0.478 e. The van der Waals surface area contributed by atoms with Gasteiger partial charge in [0, 0.05) is 5.56 Å². The fraction of sp³-hybridized carbons (Fsp3) is 0.200. The summed E-state index contributed by atoms with van der Waals surface area (Å²) in [4.78, 5) is 50.5. The molecule has 3 aromatic carbocycles. The molecule has 0 unspecified atom stereocenters. The third-order valence-corrected chi connectivity index (χ3v) is 6.34. The number of carbonyl (C=O) groups is 3. The maximum Gasteiger partial charge on any atom is 0.336 e. The number of carboxylic acids is 1. The zero-order valence-corrected chi connectivity index (χ0v) is 20.8. The highest BCUT2D eigenvalue weighted by molar-refractivity contribution is 5.99. The van der Waals surface area contributed by atoms with Crippen LogP contribution in [0.3, 0.4) is 0 Å². The van der Waals surface area contributed by atoms with Crippen LogP contribution in [0, 0.1) is 5.92 Å². The molecule has 0 fully saturated rings. The molecule has 0 aliphatic heterocycles. The molecule has 1 aromatic heterocycles.